The van der Waals surface area contributed by atoms with Crippen LogP contribution in [-0.4, -0.2) is 49.8 Å². The van der Waals surface area contributed by atoms with Gasteiger partial charge in [0.1, 0.15) is 12.1 Å². The van der Waals surface area contributed by atoms with E-state index in [1.54, 1.807) is 6.92 Å². The normalized spacial score (nSPS) is 16.1. The van der Waals surface area contributed by atoms with Gasteiger partial charge in [-0.05, 0) is 32.3 Å². The third-order valence-corrected chi connectivity index (χ3v) is 4.01. The molecule has 0 aliphatic heterocycles. The number of hydrogen-bond acceptors (Lipinski definition) is 4. The third-order valence-electron chi connectivity index (χ3n) is 4.01. The van der Waals surface area contributed by atoms with E-state index in [-0.39, 0.29) is 17.9 Å². The second-order valence-electron chi connectivity index (χ2n) is 6.24. The minimum atomic E-state index is -0.632. The highest BCUT2D eigenvalue weighted by Gasteiger charge is 2.29. The van der Waals surface area contributed by atoms with Crippen LogP contribution in [-0.2, 0) is 25.5 Å². The van der Waals surface area contributed by atoms with Crippen molar-refractivity contribution in [3.8, 4) is 0 Å². The van der Waals surface area contributed by atoms with Gasteiger partial charge < -0.3 is 20.1 Å². The second kappa shape index (κ2) is 10.2. The Labute approximate surface area is 149 Å². The van der Waals surface area contributed by atoms with Crippen LogP contribution >= 0.6 is 0 Å². The molecule has 1 aliphatic rings. The second-order valence-corrected chi connectivity index (χ2v) is 6.24. The van der Waals surface area contributed by atoms with E-state index in [0.717, 1.165) is 18.4 Å². The Morgan fingerprint density at radius 3 is 2.52 bits per heavy atom. The number of carbonyl (C=O) groups is 2. The predicted molar refractivity (Wildman–Crippen MR) is 95.1 cm³/mol. The molecule has 2 amide bonds. The van der Waals surface area contributed by atoms with Gasteiger partial charge in [-0.25, -0.2) is 0 Å². The minimum Gasteiger partial charge on any atom is -0.379 e. The first-order chi connectivity index (χ1) is 12.1. The fraction of sp³-hybridized carbons (Fsp3) is 0.579. The molecule has 25 heavy (non-hydrogen) atoms. The summed E-state index contributed by atoms with van der Waals surface area (Å²) in [7, 11) is 0. The van der Waals surface area contributed by atoms with Crippen molar-refractivity contribution < 1.29 is 19.1 Å². The van der Waals surface area contributed by atoms with Gasteiger partial charge in [-0.3, -0.25) is 9.59 Å². The molecule has 2 rings (SSSR count). The molecule has 0 saturated heterocycles. The van der Waals surface area contributed by atoms with Gasteiger partial charge in [-0.15, -0.1) is 0 Å². The first-order valence-corrected chi connectivity index (χ1v) is 8.94. The van der Waals surface area contributed by atoms with Crippen LogP contribution in [0.5, 0.6) is 0 Å². The molecule has 2 N–H and O–H groups in total. The summed E-state index contributed by atoms with van der Waals surface area (Å²) in [6.45, 7) is 5.00. The van der Waals surface area contributed by atoms with Crippen molar-refractivity contribution in [3.05, 3.63) is 35.9 Å². The van der Waals surface area contributed by atoms with Gasteiger partial charge in [0.15, 0.2) is 0 Å². The number of rotatable bonds is 11. The third kappa shape index (κ3) is 7.23. The summed E-state index contributed by atoms with van der Waals surface area (Å²) >= 11 is 0. The molecule has 0 unspecified atom stereocenters. The number of benzene rings is 1. The number of nitrogens with one attached hydrogen (secondary N) is 2. The molecule has 1 fully saturated rings. The molecular formula is C19H28N2O4. The van der Waals surface area contributed by atoms with Crippen LogP contribution in [0.1, 0.15) is 32.3 Å². The zero-order valence-electron chi connectivity index (χ0n) is 15.0. The van der Waals surface area contributed by atoms with Gasteiger partial charge in [0.2, 0.25) is 11.8 Å². The maximum absolute atomic E-state index is 12.5. The SMILES string of the molecule is CCOCCO[C@@H](C)C(=O)N[C@@H](Cc1ccccc1)C(=O)NC1CC1. The lowest BCUT2D eigenvalue weighted by molar-refractivity contribution is -0.136. The number of carbonyl (C=O) groups excluding carboxylic acids is 2. The van der Waals surface area contributed by atoms with Crippen molar-refractivity contribution in [1.82, 2.24) is 10.6 Å². The lowest BCUT2D eigenvalue weighted by Gasteiger charge is -2.21. The van der Waals surface area contributed by atoms with Gasteiger partial charge in [0.25, 0.3) is 0 Å². The molecule has 2 atom stereocenters. The fourth-order valence-electron chi connectivity index (χ4n) is 2.38. The Balaban J connectivity index is 1.89. The number of amides is 2. The quantitative estimate of drug-likeness (QED) is 0.593. The summed E-state index contributed by atoms with van der Waals surface area (Å²) < 4.78 is 10.7. The van der Waals surface area contributed by atoms with E-state index in [2.05, 4.69) is 10.6 Å². The Kier molecular flexibility index (Phi) is 7.88. The van der Waals surface area contributed by atoms with Crippen molar-refractivity contribution in [2.45, 2.75) is 51.3 Å². The van der Waals surface area contributed by atoms with Gasteiger partial charge in [0.05, 0.1) is 13.2 Å². The maximum Gasteiger partial charge on any atom is 0.249 e. The molecule has 0 aromatic heterocycles. The van der Waals surface area contributed by atoms with Crippen molar-refractivity contribution >= 4 is 11.8 Å². The van der Waals surface area contributed by atoms with E-state index < -0.39 is 12.1 Å². The first-order valence-electron chi connectivity index (χ1n) is 8.94. The lowest BCUT2D eigenvalue weighted by Crippen LogP contribution is -2.51. The summed E-state index contributed by atoms with van der Waals surface area (Å²) in [6, 6.07) is 9.32. The summed E-state index contributed by atoms with van der Waals surface area (Å²) in [6.07, 6.45) is 1.84. The van der Waals surface area contributed by atoms with Crippen molar-refractivity contribution in [1.29, 1.82) is 0 Å². The van der Waals surface area contributed by atoms with Crippen LogP contribution in [0.15, 0.2) is 30.3 Å². The Bertz CT molecular complexity index is 546. The number of hydrogen-bond donors (Lipinski definition) is 2. The van der Waals surface area contributed by atoms with Crippen molar-refractivity contribution in [2.75, 3.05) is 19.8 Å². The predicted octanol–water partition coefficient (Wildman–Crippen LogP) is 1.43. The average molecular weight is 348 g/mol. The van der Waals surface area contributed by atoms with Gasteiger partial charge in [0, 0.05) is 19.1 Å². The Morgan fingerprint density at radius 1 is 1.16 bits per heavy atom. The van der Waals surface area contributed by atoms with E-state index in [1.807, 2.05) is 37.3 Å². The summed E-state index contributed by atoms with van der Waals surface area (Å²) in [5.41, 5.74) is 1.00. The number of ether oxygens (including phenoxy) is 2. The van der Waals surface area contributed by atoms with Crippen LogP contribution in [0.2, 0.25) is 0 Å². The van der Waals surface area contributed by atoms with Gasteiger partial charge in [-0.1, -0.05) is 30.3 Å². The van der Waals surface area contributed by atoms with E-state index in [9.17, 15) is 9.59 Å². The first kappa shape index (κ1) is 19.4. The molecule has 6 nitrogen and oxygen atoms in total. The van der Waals surface area contributed by atoms with Crippen LogP contribution in [0.4, 0.5) is 0 Å². The topological polar surface area (TPSA) is 76.7 Å². The monoisotopic (exact) mass is 348 g/mol. The van der Waals surface area contributed by atoms with E-state index in [1.165, 1.54) is 0 Å². The van der Waals surface area contributed by atoms with Crippen LogP contribution in [0.3, 0.4) is 0 Å². The van der Waals surface area contributed by atoms with Crippen molar-refractivity contribution in [3.63, 3.8) is 0 Å². The van der Waals surface area contributed by atoms with E-state index >= 15 is 0 Å². The standard InChI is InChI=1S/C19H28N2O4/c1-3-24-11-12-25-14(2)18(22)21-17(19(23)20-16-9-10-16)13-15-7-5-4-6-8-15/h4-8,14,16-17H,3,9-13H2,1-2H3,(H,20,23)(H,21,22)/t14-,17-/m0/s1. The van der Waals surface area contributed by atoms with E-state index in [0.29, 0.717) is 26.2 Å². The maximum atomic E-state index is 12.5. The molecule has 1 aromatic carbocycles. The summed E-state index contributed by atoms with van der Waals surface area (Å²) in [5, 5.41) is 5.79. The minimum absolute atomic E-state index is 0.138. The Hall–Kier alpha value is -1.92. The molecule has 6 heteroatoms. The molecule has 138 valence electrons. The zero-order chi connectivity index (χ0) is 18.1. The highest BCUT2D eigenvalue weighted by molar-refractivity contribution is 5.89. The molecule has 0 radical (unpaired) electrons. The average Bonchev–Trinajstić information content (AvgIpc) is 3.42. The fourth-order valence-corrected chi connectivity index (χ4v) is 2.38. The zero-order valence-corrected chi connectivity index (χ0v) is 15.0. The molecule has 0 heterocycles. The van der Waals surface area contributed by atoms with E-state index in [4.69, 9.17) is 9.47 Å². The summed E-state index contributed by atoms with van der Waals surface area (Å²) in [4.78, 5) is 24.8. The van der Waals surface area contributed by atoms with Gasteiger partial charge in [-0.2, -0.15) is 0 Å². The molecular weight excluding hydrogens is 320 g/mol. The molecule has 0 spiro atoms. The Morgan fingerprint density at radius 2 is 1.88 bits per heavy atom. The highest BCUT2D eigenvalue weighted by atomic mass is 16.5. The van der Waals surface area contributed by atoms with Crippen LogP contribution in [0, 0.1) is 0 Å². The van der Waals surface area contributed by atoms with Crippen molar-refractivity contribution in [2.24, 2.45) is 0 Å². The van der Waals surface area contributed by atoms with Crippen LogP contribution in [0.25, 0.3) is 0 Å². The molecule has 0 bridgehead atoms. The lowest BCUT2D eigenvalue weighted by atomic mass is 10.0. The molecule has 1 saturated carbocycles. The highest BCUT2D eigenvalue weighted by Crippen LogP contribution is 2.19. The van der Waals surface area contributed by atoms with Crippen LogP contribution < -0.4 is 10.6 Å². The largest absolute Gasteiger partial charge is 0.379 e. The molecule has 1 aromatic rings. The smallest absolute Gasteiger partial charge is 0.249 e. The molecule has 1 aliphatic carbocycles. The summed E-state index contributed by atoms with van der Waals surface area (Å²) in [5.74, 6) is -0.426. The van der Waals surface area contributed by atoms with Gasteiger partial charge >= 0.3 is 0 Å².